The number of benzene rings is 3. The van der Waals surface area contributed by atoms with E-state index in [-0.39, 0.29) is 104 Å². The number of phosphoric acid groups is 3. The Labute approximate surface area is 508 Å². The molecule has 9 rings (SSSR count). The number of nitrogens with two attached hydrogens (primary N) is 1. The number of halogens is 4. The number of nitrogens with one attached hydrogen (secondary N) is 2. The van der Waals surface area contributed by atoms with E-state index in [0.717, 1.165) is 33.3 Å². The zero-order chi connectivity index (χ0) is 62.2. The van der Waals surface area contributed by atoms with Crippen molar-refractivity contribution in [2.24, 2.45) is 0 Å². The number of nitrogens with zero attached hydrogens (tertiary/aromatic N) is 5. The number of aromatic nitrogens is 3. The Hall–Kier alpha value is -5.34. The first kappa shape index (κ1) is 64.1. The second kappa shape index (κ2) is 24.0. The molecule has 0 bridgehead atoms. The van der Waals surface area contributed by atoms with Crippen LogP contribution in [0.15, 0.2) is 47.4 Å². The van der Waals surface area contributed by atoms with E-state index in [1.54, 1.807) is 7.05 Å². The maximum Gasteiger partial charge on any atom is 0.487 e. The minimum absolute atomic E-state index is 0.00117. The zero-order valence-corrected chi connectivity index (χ0v) is 53.2. The van der Waals surface area contributed by atoms with E-state index in [1.165, 1.54) is 15.7 Å². The van der Waals surface area contributed by atoms with Crippen LogP contribution < -0.4 is 46.3 Å². The summed E-state index contributed by atoms with van der Waals surface area (Å²) in [4.78, 5) is 90.9. The van der Waals surface area contributed by atoms with Gasteiger partial charge in [-0.1, -0.05) is 64.3 Å². The molecule has 0 radical (unpaired) electrons. The van der Waals surface area contributed by atoms with Crippen molar-refractivity contribution in [3.63, 3.8) is 0 Å². The van der Waals surface area contributed by atoms with E-state index in [4.69, 9.17) is 71.0 Å². The van der Waals surface area contributed by atoms with Crippen LogP contribution in [0.4, 0.5) is 11.6 Å². The number of allylic oxidation sites excluding steroid dienone is 2. The van der Waals surface area contributed by atoms with Gasteiger partial charge in [-0.25, -0.2) is 18.0 Å². The van der Waals surface area contributed by atoms with Gasteiger partial charge in [0.2, 0.25) is 17.2 Å². The van der Waals surface area contributed by atoms with Crippen LogP contribution in [0.5, 0.6) is 11.5 Å². The van der Waals surface area contributed by atoms with E-state index in [0.29, 0.717) is 40.9 Å². The Kier molecular flexibility index (Phi) is 18.1. The molecule has 30 heteroatoms. The highest BCUT2D eigenvalue weighted by Crippen LogP contribution is 2.65. The van der Waals surface area contributed by atoms with E-state index in [1.807, 2.05) is 12.1 Å². The summed E-state index contributed by atoms with van der Waals surface area (Å²) in [5, 5.41) is 4.13. The number of likely N-dealkylation sites (N-methyl/N-ethyl adjacent to an activating group) is 2. The Bertz CT molecular complexity index is 4150. The average molecular weight is 1310 g/mol. The smallest absolute Gasteiger partial charge is 0.487 e. The van der Waals surface area contributed by atoms with Crippen molar-refractivity contribution >= 4 is 121 Å². The summed E-state index contributed by atoms with van der Waals surface area (Å²) in [6.45, 7) is 17.7. The number of fused-ring (bicyclic) bond motifs is 5. The number of anilines is 2. The second-order valence-corrected chi connectivity index (χ2v) is 27.7. The maximum atomic E-state index is 15.1. The third-order valence-electron chi connectivity index (χ3n) is 15.1. The van der Waals surface area contributed by atoms with Crippen LogP contribution in [-0.4, -0.2) is 103 Å². The highest BCUT2D eigenvalue weighted by atomic mass is 35.5. The fraction of sp³-hybridized carbons (Fsp3) is 0.400. The van der Waals surface area contributed by atoms with Gasteiger partial charge in [-0.15, -0.1) is 0 Å². The molecule has 454 valence electrons. The maximum absolute atomic E-state index is 15.1. The molecule has 0 aliphatic carbocycles. The molecule has 3 aromatic carbocycles. The summed E-state index contributed by atoms with van der Waals surface area (Å²) in [7, 11) is -15.5. The van der Waals surface area contributed by atoms with Gasteiger partial charge in [0.15, 0.2) is 11.2 Å². The number of carbonyl (C=O) groups excluding carboxylic acids is 2. The molecule has 4 aliphatic rings. The Morgan fingerprint density at radius 3 is 2.33 bits per heavy atom. The first-order valence-electron chi connectivity index (χ1n) is 26.7. The lowest BCUT2D eigenvalue weighted by molar-refractivity contribution is -0.212. The normalized spacial score (nSPS) is 19.6. The Morgan fingerprint density at radius 2 is 1.65 bits per heavy atom. The number of carbonyl (C=O) groups is 2. The van der Waals surface area contributed by atoms with Crippen LogP contribution >= 0.6 is 69.9 Å². The van der Waals surface area contributed by atoms with Gasteiger partial charge in [0.25, 0.3) is 19.3 Å². The van der Waals surface area contributed by atoms with E-state index in [2.05, 4.69) is 125 Å². The second-order valence-electron chi connectivity index (χ2n) is 21.8. The van der Waals surface area contributed by atoms with Crippen LogP contribution in [0.25, 0.3) is 27.8 Å². The molecule has 7 N–H and O–H groups in total. The van der Waals surface area contributed by atoms with Gasteiger partial charge in [-0.05, 0) is 90.2 Å². The van der Waals surface area contributed by atoms with Gasteiger partial charge in [0.1, 0.15) is 24.3 Å². The quantitative estimate of drug-likeness (QED) is 0.0164. The fourth-order valence-corrected chi connectivity index (χ4v) is 15.7. The van der Waals surface area contributed by atoms with Crippen LogP contribution in [0, 0.1) is 11.8 Å². The highest BCUT2D eigenvalue weighted by molar-refractivity contribution is 7.66. The summed E-state index contributed by atoms with van der Waals surface area (Å²) < 4.78 is 63.7. The molecule has 2 amide bonds. The molecule has 0 saturated carbocycles. The molecule has 1 fully saturated rings. The molecule has 5 aromatic rings. The molecule has 2 aromatic heterocycles. The van der Waals surface area contributed by atoms with Crippen LogP contribution in [0.2, 0.25) is 20.1 Å². The van der Waals surface area contributed by atoms with Gasteiger partial charge >= 0.3 is 15.6 Å². The monoisotopic (exact) mass is 1310 g/mol. The van der Waals surface area contributed by atoms with Crippen molar-refractivity contribution in [2.75, 3.05) is 50.5 Å². The number of hydrogen-bond donors (Lipinski definition) is 6. The standard InChI is InChI=1S/C55H61Cl4N8O15P3/c1-10-66-36-22-38-34(20-32(36)28(3)24-54(66,5)6)43(35-21-33-29(4)25-55(7,8)67(11-2)37(33)23-39(35)80-38)44-45(47(57)49(59)48(58)46(44)56)52(70)64(9)19-13-15-40(68)61-18-12-14-30-26-65(50-42(30)51(69)63-53(60)62-50)41-17-16-31(79-41)27-78-84(74,75)82-85(76,77)81-83(71,72)73/h20-26,31,41H,10-11,13,15-19,27H2,1-9H3,(H7-,60,61,62,63,68,69,71,72,73,74,75,76,77)/t31-,41+/m0/s1. The average Bonchev–Trinajstić information content (AvgIpc) is 1.40. The van der Waals surface area contributed by atoms with Gasteiger partial charge in [0, 0.05) is 91.4 Å². The van der Waals surface area contributed by atoms with Gasteiger partial charge < -0.3 is 54.5 Å². The number of aromatic amines is 1. The fourth-order valence-electron chi connectivity index (χ4n) is 11.6. The third-order valence-corrected chi connectivity index (χ3v) is 20.6. The molecule has 23 nitrogen and oxygen atoms in total. The van der Waals surface area contributed by atoms with Gasteiger partial charge in [0.05, 0.1) is 67.5 Å². The predicted octanol–water partition coefficient (Wildman–Crippen LogP) is 8.41. The van der Waals surface area contributed by atoms with Crippen molar-refractivity contribution in [1.29, 1.82) is 0 Å². The van der Waals surface area contributed by atoms with Crippen LogP contribution in [-0.2, 0) is 36.4 Å². The lowest BCUT2D eigenvalue weighted by Crippen LogP contribution is -2.49. The van der Waals surface area contributed by atoms with Crippen molar-refractivity contribution in [1.82, 2.24) is 29.3 Å². The Morgan fingerprint density at radius 1 is 0.953 bits per heavy atom. The first-order valence-corrected chi connectivity index (χ1v) is 32.7. The summed E-state index contributed by atoms with van der Waals surface area (Å²) in [5.74, 6) is 5.60. The van der Waals surface area contributed by atoms with Crippen molar-refractivity contribution < 1.29 is 65.5 Å². The lowest BCUT2D eigenvalue weighted by atomic mass is 9.83. The molecular weight excluding hydrogens is 1250 g/mol. The summed E-state index contributed by atoms with van der Waals surface area (Å²) >= 11 is 28.4. The van der Waals surface area contributed by atoms with E-state index in [9.17, 15) is 38.0 Å². The highest BCUT2D eigenvalue weighted by Gasteiger charge is 2.41. The van der Waals surface area contributed by atoms with Crippen molar-refractivity contribution in [2.45, 2.75) is 104 Å². The van der Waals surface area contributed by atoms with Gasteiger partial charge in [-0.2, -0.15) is 9.29 Å². The number of hydrogen-bond acceptors (Lipinski definition) is 15. The minimum atomic E-state index is -5.85. The first-order chi connectivity index (χ1) is 39.7. The SMILES string of the molecule is CCN1c2cc3c(cc2C(C)=CC1(C)C)C(c1c(Cl)c(Cl)c(Cl)c(Cl)c1C(=O)N(C)CCCC(=O)NCC#Cc1cn([C@H]2CC[C@@H](COP(=O)(O)OP(=O)(O)OP(=O)([O-])O)O2)c2nc(N)[nH]c(=O)c12)=c1cc2c(cc1O3)=[N+](CC)C(C)(C)C=C2C. The number of phosphoric ester groups is 1. The molecule has 5 atom stereocenters. The molecule has 4 aliphatic heterocycles. The van der Waals surface area contributed by atoms with E-state index >= 15 is 4.79 Å². The number of ether oxygens (including phenoxy) is 2. The molecule has 3 unspecified atom stereocenters. The molecule has 0 spiro atoms. The molecule has 6 heterocycles. The summed E-state index contributed by atoms with van der Waals surface area (Å²) in [5.41, 5.74) is 11.4. The third kappa shape index (κ3) is 13.0. The number of nitrogen functional groups attached to an aromatic ring is 1. The van der Waals surface area contributed by atoms with Crippen molar-refractivity contribution in [3.8, 4) is 23.3 Å². The van der Waals surface area contributed by atoms with Crippen molar-refractivity contribution in [3.05, 3.63) is 117 Å². The minimum Gasteiger partial charge on any atom is -0.756 e. The topological polar surface area (TPSA) is 313 Å². The number of amides is 2. The molecular formula is C55H61Cl4N8O15P3. The zero-order valence-electron chi connectivity index (χ0n) is 47.5. The van der Waals surface area contributed by atoms with Crippen LogP contribution in [0.3, 0.4) is 0 Å². The van der Waals surface area contributed by atoms with Gasteiger partial charge in [-0.3, -0.25) is 28.5 Å². The molecule has 1 saturated heterocycles. The summed E-state index contributed by atoms with van der Waals surface area (Å²) in [6.07, 6.45) is 4.65. The van der Waals surface area contributed by atoms with Crippen LogP contribution in [0.1, 0.15) is 125 Å². The van der Waals surface area contributed by atoms with E-state index < -0.39 is 59.8 Å². The number of rotatable bonds is 17. The summed E-state index contributed by atoms with van der Waals surface area (Å²) in [6, 6.07) is 8.22. The predicted molar refractivity (Wildman–Crippen MR) is 322 cm³/mol. The Balaban J connectivity index is 0.947. The molecule has 85 heavy (non-hydrogen) atoms. The lowest BCUT2D eigenvalue weighted by Gasteiger charge is -2.43. The number of H-pyrrole nitrogens is 1. The largest absolute Gasteiger partial charge is 0.756 e.